The molecule has 1 N–H and O–H groups in total. The fraction of sp³-hybridized carbons (Fsp3) is 0.533. The Kier molecular flexibility index (Phi) is 3.10. The number of hydrogen-bond acceptors (Lipinski definition) is 2. The Morgan fingerprint density at radius 3 is 2.44 bits per heavy atom. The lowest BCUT2D eigenvalue weighted by Gasteiger charge is -2.18. The summed E-state index contributed by atoms with van der Waals surface area (Å²) in [7, 11) is 0. The molecule has 0 aromatic heterocycles. The summed E-state index contributed by atoms with van der Waals surface area (Å²) in [5, 5.41) is 3.25. The van der Waals surface area contributed by atoms with Crippen LogP contribution >= 0.6 is 12.6 Å². The van der Waals surface area contributed by atoms with E-state index in [4.69, 9.17) is 0 Å². The number of rotatable bonds is 4. The van der Waals surface area contributed by atoms with Gasteiger partial charge in [-0.3, -0.25) is 4.79 Å². The molecule has 1 amide bonds. The van der Waals surface area contributed by atoms with E-state index in [1.807, 2.05) is 25.1 Å². The van der Waals surface area contributed by atoms with Crippen LogP contribution in [0.4, 0.5) is 0 Å². The highest BCUT2D eigenvalue weighted by molar-refractivity contribution is 7.80. The number of amides is 1. The number of carbonyl (C=O) groups excluding carboxylic acids is 1. The molecule has 2 aliphatic carbocycles. The molecule has 0 spiro atoms. The third-order valence-corrected chi connectivity index (χ3v) is 4.30. The first-order chi connectivity index (χ1) is 8.65. The van der Waals surface area contributed by atoms with Crippen molar-refractivity contribution in [3.05, 3.63) is 29.3 Å². The summed E-state index contributed by atoms with van der Waals surface area (Å²) in [6, 6.07) is 6.17. The number of hydrogen-bond donors (Lipinski definition) is 2. The van der Waals surface area contributed by atoms with Crippen LogP contribution in [0.3, 0.4) is 0 Å². The average molecular weight is 261 g/mol. The summed E-state index contributed by atoms with van der Waals surface area (Å²) in [5.41, 5.74) is 1.80. The summed E-state index contributed by atoms with van der Waals surface area (Å²) in [6.45, 7) is 1.98. The first kappa shape index (κ1) is 12.1. The van der Waals surface area contributed by atoms with Crippen molar-refractivity contribution in [3.63, 3.8) is 0 Å². The van der Waals surface area contributed by atoms with Crippen molar-refractivity contribution >= 4 is 18.5 Å². The highest BCUT2D eigenvalue weighted by Gasteiger charge is 2.42. The van der Waals surface area contributed by atoms with E-state index in [0.29, 0.717) is 6.04 Å². The summed E-state index contributed by atoms with van der Waals surface area (Å²) >= 11 is 4.31. The van der Waals surface area contributed by atoms with Gasteiger partial charge in [0.15, 0.2) is 0 Å². The van der Waals surface area contributed by atoms with Crippen molar-refractivity contribution in [1.82, 2.24) is 5.32 Å². The SMILES string of the molecule is Cc1ccc(S)cc1C(=O)NC(C1CC1)C1CC1. The lowest BCUT2D eigenvalue weighted by molar-refractivity contribution is 0.0925. The maximum Gasteiger partial charge on any atom is 0.251 e. The Labute approximate surface area is 114 Å². The van der Waals surface area contributed by atoms with Gasteiger partial charge in [0.25, 0.3) is 5.91 Å². The molecular weight excluding hydrogens is 242 g/mol. The second-order valence-electron chi connectivity index (χ2n) is 5.67. The summed E-state index contributed by atoms with van der Waals surface area (Å²) in [4.78, 5) is 13.2. The number of benzene rings is 1. The molecule has 0 unspecified atom stereocenters. The standard InChI is InChI=1S/C15H19NOS/c1-9-2-7-12(18)8-13(9)15(17)16-14(10-3-4-10)11-5-6-11/h2,7-8,10-11,14,18H,3-6H2,1H3,(H,16,17). The van der Waals surface area contributed by atoms with Crippen LogP contribution in [0.15, 0.2) is 23.1 Å². The Bertz CT molecular complexity index is 465. The molecule has 2 aliphatic rings. The maximum atomic E-state index is 12.3. The summed E-state index contributed by atoms with van der Waals surface area (Å²) in [5.74, 6) is 1.55. The molecule has 0 bridgehead atoms. The van der Waals surface area contributed by atoms with Crippen molar-refractivity contribution < 1.29 is 4.79 Å². The molecule has 0 atom stereocenters. The third kappa shape index (κ3) is 2.56. The predicted molar refractivity (Wildman–Crippen MR) is 75.1 cm³/mol. The second-order valence-corrected chi connectivity index (χ2v) is 6.19. The van der Waals surface area contributed by atoms with Crippen molar-refractivity contribution in [2.24, 2.45) is 11.8 Å². The van der Waals surface area contributed by atoms with Crippen LogP contribution in [-0.4, -0.2) is 11.9 Å². The van der Waals surface area contributed by atoms with Crippen LogP contribution in [0.1, 0.15) is 41.6 Å². The zero-order valence-electron chi connectivity index (χ0n) is 10.6. The van der Waals surface area contributed by atoms with Crippen molar-refractivity contribution in [2.75, 3.05) is 0 Å². The van der Waals surface area contributed by atoms with Crippen LogP contribution in [0, 0.1) is 18.8 Å². The van der Waals surface area contributed by atoms with Gasteiger partial charge < -0.3 is 5.32 Å². The van der Waals surface area contributed by atoms with Crippen molar-refractivity contribution in [2.45, 2.75) is 43.5 Å². The maximum absolute atomic E-state index is 12.3. The Hall–Kier alpha value is -0.960. The predicted octanol–water partition coefficient (Wildman–Crippen LogP) is 3.20. The van der Waals surface area contributed by atoms with E-state index in [0.717, 1.165) is 27.9 Å². The highest BCUT2D eigenvalue weighted by Crippen LogP contribution is 2.44. The quantitative estimate of drug-likeness (QED) is 0.801. The minimum atomic E-state index is 0.0761. The van der Waals surface area contributed by atoms with E-state index < -0.39 is 0 Å². The third-order valence-electron chi connectivity index (χ3n) is 4.02. The van der Waals surface area contributed by atoms with Crippen LogP contribution in [0.2, 0.25) is 0 Å². The van der Waals surface area contributed by atoms with E-state index in [-0.39, 0.29) is 5.91 Å². The van der Waals surface area contributed by atoms with Gasteiger partial charge in [0.1, 0.15) is 0 Å². The van der Waals surface area contributed by atoms with Gasteiger partial charge in [0.2, 0.25) is 0 Å². The van der Waals surface area contributed by atoms with Gasteiger partial charge in [-0.15, -0.1) is 12.6 Å². The van der Waals surface area contributed by atoms with Crippen LogP contribution in [0.5, 0.6) is 0 Å². The largest absolute Gasteiger partial charge is 0.349 e. The van der Waals surface area contributed by atoms with Gasteiger partial charge in [-0.2, -0.15) is 0 Å². The normalized spacial score (nSPS) is 19.1. The van der Waals surface area contributed by atoms with Crippen LogP contribution in [0.25, 0.3) is 0 Å². The lowest BCUT2D eigenvalue weighted by Crippen LogP contribution is -2.38. The van der Waals surface area contributed by atoms with Gasteiger partial charge >= 0.3 is 0 Å². The molecule has 3 heteroatoms. The Balaban J connectivity index is 1.75. The van der Waals surface area contributed by atoms with E-state index in [9.17, 15) is 4.79 Å². The fourth-order valence-electron chi connectivity index (χ4n) is 2.62. The lowest BCUT2D eigenvalue weighted by atomic mass is 10.0. The molecule has 2 fully saturated rings. The molecule has 0 heterocycles. The molecule has 96 valence electrons. The molecular formula is C15H19NOS. The van der Waals surface area contributed by atoms with Crippen LogP contribution in [-0.2, 0) is 0 Å². The first-order valence-electron chi connectivity index (χ1n) is 6.75. The van der Waals surface area contributed by atoms with Gasteiger partial charge in [-0.1, -0.05) is 6.07 Å². The Morgan fingerprint density at radius 1 is 1.28 bits per heavy atom. The zero-order chi connectivity index (χ0) is 12.7. The monoisotopic (exact) mass is 261 g/mol. The first-order valence-corrected chi connectivity index (χ1v) is 7.20. The summed E-state index contributed by atoms with van der Waals surface area (Å²) < 4.78 is 0. The topological polar surface area (TPSA) is 29.1 Å². The van der Waals surface area contributed by atoms with E-state index >= 15 is 0 Å². The van der Waals surface area contributed by atoms with Crippen LogP contribution < -0.4 is 5.32 Å². The zero-order valence-corrected chi connectivity index (χ0v) is 11.5. The fourth-order valence-corrected chi connectivity index (χ4v) is 2.82. The molecule has 3 rings (SSSR count). The van der Waals surface area contributed by atoms with Gasteiger partial charge in [0.05, 0.1) is 0 Å². The van der Waals surface area contributed by atoms with E-state index in [1.165, 1.54) is 25.7 Å². The van der Waals surface area contributed by atoms with Crippen molar-refractivity contribution in [1.29, 1.82) is 0 Å². The van der Waals surface area contributed by atoms with Gasteiger partial charge in [-0.25, -0.2) is 0 Å². The Morgan fingerprint density at radius 2 is 1.89 bits per heavy atom. The molecule has 18 heavy (non-hydrogen) atoms. The number of thiol groups is 1. The van der Waals surface area contributed by atoms with Gasteiger partial charge in [-0.05, 0) is 62.1 Å². The molecule has 0 radical (unpaired) electrons. The second kappa shape index (κ2) is 4.61. The smallest absolute Gasteiger partial charge is 0.251 e. The summed E-state index contributed by atoms with van der Waals surface area (Å²) in [6.07, 6.45) is 5.14. The van der Waals surface area contributed by atoms with Crippen molar-refractivity contribution in [3.8, 4) is 0 Å². The molecule has 2 nitrogen and oxygen atoms in total. The molecule has 2 saturated carbocycles. The van der Waals surface area contributed by atoms with Gasteiger partial charge in [0, 0.05) is 16.5 Å². The molecule has 0 saturated heterocycles. The minimum Gasteiger partial charge on any atom is -0.349 e. The number of nitrogens with one attached hydrogen (secondary N) is 1. The van der Waals surface area contributed by atoms with E-state index in [1.54, 1.807) is 0 Å². The number of aryl methyl sites for hydroxylation is 1. The highest BCUT2D eigenvalue weighted by atomic mass is 32.1. The number of carbonyl (C=O) groups is 1. The minimum absolute atomic E-state index is 0.0761. The average Bonchev–Trinajstić information content (AvgIpc) is 3.21. The molecule has 1 aromatic rings. The molecule has 0 aliphatic heterocycles. The van der Waals surface area contributed by atoms with E-state index in [2.05, 4.69) is 17.9 Å². The molecule has 1 aromatic carbocycles.